The second kappa shape index (κ2) is 4.61. The van der Waals surface area contributed by atoms with Crippen molar-refractivity contribution in [2.24, 2.45) is 11.7 Å². The minimum atomic E-state index is -0.342. The fraction of sp³-hybridized carbons (Fsp3) is 0.900. The van der Waals surface area contributed by atoms with Crippen LogP contribution in [0.3, 0.4) is 0 Å². The summed E-state index contributed by atoms with van der Waals surface area (Å²) in [5, 5.41) is 0. The highest BCUT2D eigenvalue weighted by Gasteiger charge is 2.27. The van der Waals surface area contributed by atoms with Crippen molar-refractivity contribution in [2.45, 2.75) is 39.2 Å². The topological polar surface area (TPSA) is 46.3 Å². The zero-order valence-corrected chi connectivity index (χ0v) is 8.62. The smallest absolute Gasteiger partial charge is 0.239 e. The van der Waals surface area contributed by atoms with Gasteiger partial charge in [-0.1, -0.05) is 6.92 Å². The number of nitrogens with zero attached hydrogens (tertiary/aromatic N) is 1. The minimum Gasteiger partial charge on any atom is -0.341 e. The second-order valence-electron chi connectivity index (χ2n) is 4.02. The third kappa shape index (κ3) is 3.35. The Morgan fingerprint density at radius 3 is 2.62 bits per heavy atom. The van der Waals surface area contributed by atoms with Crippen molar-refractivity contribution in [1.82, 2.24) is 4.90 Å². The lowest BCUT2D eigenvalue weighted by molar-refractivity contribution is -0.132. The molecule has 1 unspecified atom stereocenters. The zero-order valence-electron chi connectivity index (χ0n) is 8.62. The second-order valence-corrected chi connectivity index (χ2v) is 4.02. The molecule has 13 heavy (non-hydrogen) atoms. The summed E-state index contributed by atoms with van der Waals surface area (Å²) in [5.41, 5.74) is 5.57. The fourth-order valence-corrected chi connectivity index (χ4v) is 1.46. The molecule has 1 saturated carbocycles. The first-order chi connectivity index (χ1) is 6.15. The molecule has 0 aliphatic heterocycles. The van der Waals surface area contributed by atoms with Gasteiger partial charge in [0.1, 0.15) is 0 Å². The van der Waals surface area contributed by atoms with Crippen molar-refractivity contribution in [1.29, 1.82) is 0 Å². The summed E-state index contributed by atoms with van der Waals surface area (Å²) in [6, 6.07) is -0.342. The predicted octanol–water partition coefficient (Wildman–Crippen LogP) is 0.982. The quantitative estimate of drug-likeness (QED) is 0.692. The van der Waals surface area contributed by atoms with Gasteiger partial charge in [-0.25, -0.2) is 0 Å². The van der Waals surface area contributed by atoms with Crippen molar-refractivity contribution in [3.8, 4) is 0 Å². The Balaban J connectivity index is 2.39. The number of hydrogen-bond acceptors (Lipinski definition) is 2. The van der Waals surface area contributed by atoms with E-state index >= 15 is 0 Å². The summed E-state index contributed by atoms with van der Waals surface area (Å²) < 4.78 is 0. The van der Waals surface area contributed by atoms with E-state index in [1.807, 2.05) is 4.90 Å². The average molecular weight is 184 g/mol. The van der Waals surface area contributed by atoms with E-state index in [9.17, 15) is 4.79 Å². The summed E-state index contributed by atoms with van der Waals surface area (Å²) in [6.07, 6.45) is 3.59. The molecule has 1 amide bonds. The monoisotopic (exact) mass is 184 g/mol. The normalized spacial score (nSPS) is 18.4. The third-order valence-corrected chi connectivity index (χ3v) is 2.37. The lowest BCUT2D eigenvalue weighted by Gasteiger charge is -2.23. The summed E-state index contributed by atoms with van der Waals surface area (Å²) in [4.78, 5) is 13.5. The van der Waals surface area contributed by atoms with E-state index in [-0.39, 0.29) is 11.9 Å². The summed E-state index contributed by atoms with van der Waals surface area (Å²) in [6.45, 7) is 5.64. The Bertz CT molecular complexity index is 176. The van der Waals surface area contributed by atoms with Crippen LogP contribution in [0.1, 0.15) is 33.1 Å². The van der Waals surface area contributed by atoms with Crippen LogP contribution in [0.5, 0.6) is 0 Å². The lowest BCUT2D eigenvalue weighted by Crippen LogP contribution is -2.43. The lowest BCUT2D eigenvalue weighted by atomic mass is 10.2. The highest BCUT2D eigenvalue weighted by molar-refractivity contribution is 5.81. The molecule has 0 bridgehead atoms. The van der Waals surface area contributed by atoms with Crippen molar-refractivity contribution in [3.63, 3.8) is 0 Å². The summed E-state index contributed by atoms with van der Waals surface area (Å²) >= 11 is 0. The van der Waals surface area contributed by atoms with E-state index in [4.69, 9.17) is 5.73 Å². The molecule has 1 fully saturated rings. The van der Waals surface area contributed by atoms with Crippen LogP contribution in [-0.2, 0) is 4.79 Å². The molecule has 0 aromatic carbocycles. The highest BCUT2D eigenvalue weighted by Crippen LogP contribution is 2.29. The number of nitrogens with two attached hydrogens (primary N) is 1. The van der Waals surface area contributed by atoms with Gasteiger partial charge in [0, 0.05) is 13.1 Å². The van der Waals surface area contributed by atoms with Crippen molar-refractivity contribution < 1.29 is 4.79 Å². The first-order valence-electron chi connectivity index (χ1n) is 5.19. The van der Waals surface area contributed by atoms with Crippen molar-refractivity contribution >= 4 is 5.91 Å². The molecule has 0 radical (unpaired) electrons. The van der Waals surface area contributed by atoms with E-state index in [2.05, 4.69) is 6.92 Å². The number of amides is 1. The Kier molecular flexibility index (Phi) is 3.72. The van der Waals surface area contributed by atoms with Gasteiger partial charge in [0.2, 0.25) is 5.91 Å². The SMILES string of the molecule is CCCN(CC1CC1)C(=O)C(C)N. The first-order valence-corrected chi connectivity index (χ1v) is 5.19. The number of carbonyl (C=O) groups is 1. The standard InChI is InChI=1S/C10H20N2O/c1-3-6-12(7-9-4-5-9)10(13)8(2)11/h8-9H,3-7,11H2,1-2H3. The molecule has 2 N–H and O–H groups in total. The minimum absolute atomic E-state index is 0.105. The maximum atomic E-state index is 11.6. The predicted molar refractivity (Wildman–Crippen MR) is 53.2 cm³/mol. The van der Waals surface area contributed by atoms with E-state index in [0.717, 1.165) is 25.4 Å². The van der Waals surface area contributed by atoms with Gasteiger partial charge in [0.05, 0.1) is 6.04 Å². The molecule has 3 nitrogen and oxygen atoms in total. The molecule has 76 valence electrons. The molecule has 0 aromatic rings. The molecule has 1 aliphatic rings. The van der Waals surface area contributed by atoms with Crippen LogP contribution in [0.25, 0.3) is 0 Å². The molecule has 1 atom stereocenters. The van der Waals surface area contributed by atoms with Gasteiger partial charge < -0.3 is 10.6 Å². The molecular formula is C10H20N2O. The Morgan fingerprint density at radius 2 is 2.23 bits per heavy atom. The van der Waals surface area contributed by atoms with Gasteiger partial charge >= 0.3 is 0 Å². The Labute approximate surface area is 80.3 Å². The van der Waals surface area contributed by atoms with Gasteiger partial charge in [0.25, 0.3) is 0 Å². The van der Waals surface area contributed by atoms with Crippen LogP contribution in [0.15, 0.2) is 0 Å². The highest BCUT2D eigenvalue weighted by atomic mass is 16.2. The van der Waals surface area contributed by atoms with Crippen LogP contribution in [0, 0.1) is 5.92 Å². The van der Waals surface area contributed by atoms with Gasteiger partial charge in [-0.15, -0.1) is 0 Å². The Morgan fingerprint density at radius 1 is 1.62 bits per heavy atom. The maximum absolute atomic E-state index is 11.6. The largest absolute Gasteiger partial charge is 0.341 e. The zero-order chi connectivity index (χ0) is 9.84. The van der Waals surface area contributed by atoms with Gasteiger partial charge in [-0.2, -0.15) is 0 Å². The van der Waals surface area contributed by atoms with Crippen LogP contribution in [0.4, 0.5) is 0 Å². The molecule has 0 heterocycles. The molecule has 3 heteroatoms. The number of carbonyl (C=O) groups excluding carboxylic acids is 1. The number of rotatable bonds is 5. The molecule has 0 saturated heterocycles. The summed E-state index contributed by atoms with van der Waals surface area (Å²) in [5.74, 6) is 0.864. The number of hydrogen-bond donors (Lipinski definition) is 1. The van der Waals surface area contributed by atoms with Crippen LogP contribution < -0.4 is 5.73 Å². The van der Waals surface area contributed by atoms with Gasteiger partial charge in [-0.3, -0.25) is 4.79 Å². The van der Waals surface area contributed by atoms with Gasteiger partial charge in [0.15, 0.2) is 0 Å². The molecule has 0 spiro atoms. The molecule has 1 rings (SSSR count). The van der Waals surface area contributed by atoms with Crippen molar-refractivity contribution in [3.05, 3.63) is 0 Å². The maximum Gasteiger partial charge on any atom is 0.239 e. The molecular weight excluding hydrogens is 164 g/mol. The van der Waals surface area contributed by atoms with Crippen LogP contribution >= 0.6 is 0 Å². The fourth-order valence-electron chi connectivity index (χ4n) is 1.46. The van der Waals surface area contributed by atoms with Crippen LogP contribution in [0.2, 0.25) is 0 Å². The molecule has 1 aliphatic carbocycles. The third-order valence-electron chi connectivity index (χ3n) is 2.37. The van der Waals surface area contributed by atoms with E-state index in [1.54, 1.807) is 6.92 Å². The average Bonchev–Trinajstić information content (AvgIpc) is 2.86. The Hall–Kier alpha value is -0.570. The van der Waals surface area contributed by atoms with E-state index in [0.29, 0.717) is 0 Å². The van der Waals surface area contributed by atoms with Gasteiger partial charge in [-0.05, 0) is 32.1 Å². The van der Waals surface area contributed by atoms with Crippen molar-refractivity contribution in [2.75, 3.05) is 13.1 Å². The van der Waals surface area contributed by atoms with Crippen LogP contribution in [-0.4, -0.2) is 29.9 Å². The summed E-state index contributed by atoms with van der Waals surface area (Å²) in [7, 11) is 0. The van der Waals surface area contributed by atoms with E-state index < -0.39 is 0 Å². The van der Waals surface area contributed by atoms with E-state index in [1.165, 1.54) is 12.8 Å². The molecule has 0 aromatic heterocycles. The first kappa shape index (κ1) is 10.5.